The van der Waals surface area contributed by atoms with Gasteiger partial charge in [-0.1, -0.05) is 35.3 Å². The van der Waals surface area contributed by atoms with Crippen LogP contribution in [-0.4, -0.2) is 4.98 Å². The number of pyridine rings is 1. The molecule has 0 aliphatic rings. The van der Waals surface area contributed by atoms with Gasteiger partial charge in [0.05, 0.1) is 10.6 Å². The average Bonchev–Trinajstić information content (AvgIpc) is 2.66. The lowest BCUT2D eigenvalue weighted by Crippen LogP contribution is -2.08. The summed E-state index contributed by atoms with van der Waals surface area (Å²) in [7, 11) is 0. The summed E-state index contributed by atoms with van der Waals surface area (Å²) in [4.78, 5) is 3.99. The largest absolute Gasteiger partial charge is 0.482 e. The van der Waals surface area contributed by atoms with Crippen molar-refractivity contribution in [3.63, 3.8) is 0 Å². The number of ether oxygens (including phenoxy) is 1. The third-order valence-corrected chi connectivity index (χ3v) is 4.91. The highest BCUT2D eigenvalue weighted by molar-refractivity contribution is 6.36. The first-order valence-corrected chi connectivity index (χ1v) is 9.06. The van der Waals surface area contributed by atoms with Crippen LogP contribution in [0.5, 0.6) is 5.75 Å². The van der Waals surface area contributed by atoms with Gasteiger partial charge in [0, 0.05) is 22.3 Å². The van der Waals surface area contributed by atoms with Crippen molar-refractivity contribution in [1.29, 1.82) is 0 Å². The van der Waals surface area contributed by atoms with Crippen molar-refractivity contribution in [3.8, 4) is 16.9 Å². The Labute approximate surface area is 174 Å². The fourth-order valence-corrected chi connectivity index (χ4v) is 3.43. The molecule has 0 aliphatic carbocycles. The Morgan fingerprint density at radius 2 is 1.79 bits per heavy atom. The number of hydrogen-bond donors (Lipinski definition) is 1. The molecule has 9 heteroatoms. The Morgan fingerprint density at radius 1 is 1.07 bits per heavy atom. The molecule has 0 amide bonds. The number of halogens is 6. The maximum absolute atomic E-state index is 13.8. The Balaban J connectivity index is 1.96. The lowest BCUT2D eigenvalue weighted by molar-refractivity contribution is -0.137. The van der Waals surface area contributed by atoms with Crippen molar-refractivity contribution in [3.05, 3.63) is 75.7 Å². The van der Waals surface area contributed by atoms with Crippen LogP contribution in [-0.2, 0) is 6.18 Å². The summed E-state index contributed by atoms with van der Waals surface area (Å²) in [5.41, 5.74) is 5.92. The summed E-state index contributed by atoms with van der Waals surface area (Å²) in [5.74, 6) is -0.551. The molecule has 3 rings (SSSR count). The van der Waals surface area contributed by atoms with Gasteiger partial charge in [-0.05, 0) is 42.8 Å². The van der Waals surface area contributed by atoms with Gasteiger partial charge >= 0.3 is 6.18 Å². The summed E-state index contributed by atoms with van der Waals surface area (Å²) in [6, 6.07) is 8.71. The lowest BCUT2D eigenvalue weighted by atomic mass is 10.0. The minimum absolute atomic E-state index is 0.0104. The van der Waals surface area contributed by atoms with Gasteiger partial charge in [-0.2, -0.15) is 13.2 Å². The summed E-state index contributed by atoms with van der Waals surface area (Å²) in [5, 5.41) is 0.00928. The van der Waals surface area contributed by atoms with Crippen molar-refractivity contribution in [1.82, 2.24) is 4.98 Å². The number of nitrogens with zero attached hydrogens (tertiary/aromatic N) is 1. The summed E-state index contributed by atoms with van der Waals surface area (Å²) in [6.07, 6.45) is -3.94. The number of alkyl halides is 3. The predicted octanol–water partition coefficient (Wildman–Crippen LogP) is 6.94. The van der Waals surface area contributed by atoms with Crippen molar-refractivity contribution in [2.75, 3.05) is 5.73 Å². The fourth-order valence-electron chi connectivity index (χ4n) is 2.75. The van der Waals surface area contributed by atoms with Gasteiger partial charge in [-0.25, -0.2) is 9.37 Å². The molecule has 0 radical (unpaired) electrons. The van der Waals surface area contributed by atoms with Crippen molar-refractivity contribution in [2.24, 2.45) is 0 Å². The van der Waals surface area contributed by atoms with Crippen LogP contribution in [0.25, 0.3) is 11.1 Å². The molecule has 0 fully saturated rings. The van der Waals surface area contributed by atoms with Crippen molar-refractivity contribution < 1.29 is 22.3 Å². The normalized spacial score (nSPS) is 12.7. The molecular weight excluding hydrogens is 431 g/mol. The monoisotopic (exact) mass is 444 g/mol. The highest BCUT2D eigenvalue weighted by atomic mass is 35.5. The predicted molar refractivity (Wildman–Crippen MR) is 105 cm³/mol. The zero-order valence-corrected chi connectivity index (χ0v) is 16.4. The summed E-state index contributed by atoms with van der Waals surface area (Å²) >= 11 is 12.1. The zero-order valence-electron chi connectivity index (χ0n) is 14.9. The third kappa shape index (κ3) is 4.57. The second-order valence-corrected chi connectivity index (χ2v) is 6.99. The Kier molecular flexibility index (Phi) is 5.91. The van der Waals surface area contributed by atoms with Crippen LogP contribution in [0, 0.1) is 5.82 Å². The number of nitrogen functional groups attached to an aromatic ring is 1. The standard InChI is InChI=1S/C20H14Cl2F4N2O/c1-10(17-14(21)5-6-15(23)18(17)22)29-16-8-12(9-28-19(16)27)11-3-2-4-13(7-11)20(24,25)26/h2-10H,1H3,(H2,27,28). The first-order chi connectivity index (χ1) is 13.6. The number of hydrogen-bond acceptors (Lipinski definition) is 3. The minimum atomic E-state index is -4.48. The molecule has 0 saturated carbocycles. The molecule has 1 heterocycles. The first kappa shape index (κ1) is 21.2. The van der Waals surface area contributed by atoms with E-state index in [0.29, 0.717) is 5.56 Å². The minimum Gasteiger partial charge on any atom is -0.482 e. The second-order valence-electron chi connectivity index (χ2n) is 6.20. The van der Waals surface area contributed by atoms with Crippen LogP contribution in [0.2, 0.25) is 10.0 Å². The van der Waals surface area contributed by atoms with Crippen LogP contribution in [0.15, 0.2) is 48.7 Å². The van der Waals surface area contributed by atoms with E-state index in [-0.39, 0.29) is 32.7 Å². The molecule has 1 unspecified atom stereocenters. The molecule has 0 saturated heterocycles. The van der Waals surface area contributed by atoms with E-state index in [1.807, 2.05) is 0 Å². The van der Waals surface area contributed by atoms with Crippen molar-refractivity contribution in [2.45, 2.75) is 19.2 Å². The average molecular weight is 445 g/mol. The van der Waals surface area contributed by atoms with Gasteiger partial charge in [0.1, 0.15) is 11.9 Å². The second kappa shape index (κ2) is 8.08. The first-order valence-electron chi connectivity index (χ1n) is 8.31. The molecule has 2 aromatic carbocycles. The van der Waals surface area contributed by atoms with Crippen LogP contribution in [0.1, 0.15) is 24.2 Å². The topological polar surface area (TPSA) is 48.1 Å². The van der Waals surface area contributed by atoms with Gasteiger partial charge < -0.3 is 10.5 Å². The SMILES string of the molecule is CC(Oc1cc(-c2cccc(C(F)(F)F)c2)cnc1N)c1c(Cl)ccc(F)c1Cl. The van der Waals surface area contributed by atoms with E-state index in [2.05, 4.69) is 4.98 Å². The van der Waals surface area contributed by atoms with E-state index in [0.717, 1.165) is 18.2 Å². The molecular formula is C20H14Cl2F4N2O. The molecule has 0 aliphatic heterocycles. The molecule has 0 spiro atoms. The fraction of sp³-hybridized carbons (Fsp3) is 0.150. The Bertz CT molecular complexity index is 1060. The van der Waals surface area contributed by atoms with E-state index >= 15 is 0 Å². The van der Waals surface area contributed by atoms with Gasteiger partial charge in [0.15, 0.2) is 11.6 Å². The Hall–Kier alpha value is -2.51. The highest BCUT2D eigenvalue weighted by Crippen LogP contribution is 2.37. The maximum Gasteiger partial charge on any atom is 0.416 e. The highest BCUT2D eigenvalue weighted by Gasteiger charge is 2.30. The van der Waals surface area contributed by atoms with Gasteiger partial charge in [0.2, 0.25) is 0 Å². The Morgan fingerprint density at radius 3 is 2.48 bits per heavy atom. The van der Waals surface area contributed by atoms with Gasteiger partial charge in [-0.3, -0.25) is 0 Å². The van der Waals surface area contributed by atoms with E-state index in [9.17, 15) is 17.6 Å². The molecule has 2 N–H and O–H groups in total. The third-order valence-electron chi connectivity index (χ3n) is 4.19. The van der Waals surface area contributed by atoms with Crippen LogP contribution >= 0.6 is 23.2 Å². The summed E-state index contributed by atoms with van der Waals surface area (Å²) < 4.78 is 58.5. The van der Waals surface area contributed by atoms with E-state index < -0.39 is 23.7 Å². The molecule has 29 heavy (non-hydrogen) atoms. The molecule has 1 aromatic heterocycles. The van der Waals surface area contributed by atoms with Crippen LogP contribution in [0.4, 0.5) is 23.4 Å². The number of rotatable bonds is 4. The van der Waals surface area contributed by atoms with Gasteiger partial charge in [-0.15, -0.1) is 0 Å². The molecule has 152 valence electrons. The quantitative estimate of drug-likeness (QED) is 0.350. The number of benzene rings is 2. The van der Waals surface area contributed by atoms with E-state index in [1.54, 1.807) is 6.92 Å². The number of nitrogens with two attached hydrogens (primary N) is 1. The van der Waals surface area contributed by atoms with Gasteiger partial charge in [0.25, 0.3) is 0 Å². The summed E-state index contributed by atoms with van der Waals surface area (Å²) in [6.45, 7) is 1.59. The van der Waals surface area contributed by atoms with Crippen molar-refractivity contribution >= 4 is 29.0 Å². The lowest BCUT2D eigenvalue weighted by Gasteiger charge is -2.19. The number of aromatic nitrogens is 1. The molecule has 3 aromatic rings. The molecule has 3 nitrogen and oxygen atoms in total. The maximum atomic E-state index is 13.8. The zero-order chi connectivity index (χ0) is 21.3. The number of anilines is 1. The molecule has 1 atom stereocenters. The molecule has 0 bridgehead atoms. The van der Waals surface area contributed by atoms with E-state index in [4.69, 9.17) is 33.7 Å². The smallest absolute Gasteiger partial charge is 0.416 e. The van der Waals surface area contributed by atoms with Crippen LogP contribution < -0.4 is 10.5 Å². The van der Waals surface area contributed by atoms with E-state index in [1.165, 1.54) is 30.5 Å². The van der Waals surface area contributed by atoms with Crippen LogP contribution in [0.3, 0.4) is 0 Å².